The number of hydrogen-bond acceptors (Lipinski definition) is 8. The molecule has 2 aromatic heterocycles. The number of amides is 2. The Kier molecular flexibility index (Phi) is 7.48. The van der Waals surface area contributed by atoms with Crippen molar-refractivity contribution in [3.8, 4) is 6.07 Å². The van der Waals surface area contributed by atoms with Gasteiger partial charge in [0.1, 0.15) is 17.1 Å². The minimum absolute atomic E-state index is 0.0657. The molecule has 2 atom stereocenters. The van der Waals surface area contributed by atoms with Gasteiger partial charge < -0.3 is 11.1 Å². The van der Waals surface area contributed by atoms with Gasteiger partial charge in [-0.05, 0) is 68.3 Å². The van der Waals surface area contributed by atoms with Gasteiger partial charge in [-0.1, -0.05) is 6.08 Å². The number of carbonyl (C=O) groups excluding carboxylic acids is 2. The van der Waals surface area contributed by atoms with Gasteiger partial charge in [-0.25, -0.2) is 4.68 Å². The van der Waals surface area contributed by atoms with Gasteiger partial charge in [0.15, 0.2) is 6.17 Å². The minimum atomic E-state index is -4.80. The van der Waals surface area contributed by atoms with Gasteiger partial charge in [0.25, 0.3) is 17.6 Å². The van der Waals surface area contributed by atoms with Crippen LogP contribution in [-0.2, 0) is 17.6 Å². The second-order valence-electron chi connectivity index (χ2n) is 10.3. The van der Waals surface area contributed by atoms with Crippen LogP contribution in [0.1, 0.15) is 76.0 Å². The molecular weight excluding hydrogens is 565 g/mol. The Morgan fingerprint density at radius 1 is 1.22 bits per heavy atom. The Labute approximate surface area is 236 Å². The molecular formula is C25H24ClF3N10O2. The Bertz CT molecular complexity index is 1630. The molecule has 0 spiro atoms. The molecule has 2 unspecified atom stereocenters. The van der Waals surface area contributed by atoms with Gasteiger partial charge in [-0.2, -0.15) is 28.3 Å². The van der Waals surface area contributed by atoms with Gasteiger partial charge in [0.05, 0.1) is 17.3 Å². The fraction of sp³-hybridized carbons (Fsp3) is 0.360. The van der Waals surface area contributed by atoms with Crippen molar-refractivity contribution >= 4 is 29.6 Å². The summed E-state index contributed by atoms with van der Waals surface area (Å²) in [6.45, 7) is 6.67. The molecule has 0 aliphatic carbocycles. The SMILES string of the molecule is Cc1cc(C#N)cc(C(=O)NC(C)(C)C)c1C1(Cl)C=CC=NC1n1nc(Cn2nnc(C(F)(F)F)n2)cc1C(N)=O. The highest BCUT2D eigenvalue weighted by Gasteiger charge is 2.45. The summed E-state index contributed by atoms with van der Waals surface area (Å²) in [7, 11) is 0. The number of aliphatic imine (C=N–C) groups is 1. The van der Waals surface area contributed by atoms with E-state index in [2.05, 4.69) is 30.8 Å². The standard InChI is InChI=1S/C25H24ClF3N10O2/c1-13-8-14(11-30)9-16(20(41)33-23(2,3)4)18(13)24(26)6-5-7-32-22(24)39-17(19(31)40)10-15(35-39)12-38-36-21(34-37-38)25(27,28)29/h5-10,22H,12H2,1-4H3,(H2,31,40)(H,33,41). The van der Waals surface area contributed by atoms with Crippen molar-refractivity contribution in [1.29, 1.82) is 5.26 Å². The monoisotopic (exact) mass is 588 g/mol. The van der Waals surface area contributed by atoms with E-state index < -0.39 is 40.4 Å². The first-order valence-electron chi connectivity index (χ1n) is 12.0. The van der Waals surface area contributed by atoms with Crippen LogP contribution in [0.25, 0.3) is 0 Å². The molecule has 0 saturated carbocycles. The third-order valence-electron chi connectivity index (χ3n) is 5.89. The van der Waals surface area contributed by atoms with Crippen LogP contribution in [0.3, 0.4) is 0 Å². The maximum Gasteiger partial charge on any atom is 0.455 e. The van der Waals surface area contributed by atoms with Crippen LogP contribution in [0, 0.1) is 18.3 Å². The van der Waals surface area contributed by atoms with Crippen LogP contribution in [0.15, 0.2) is 35.3 Å². The quantitative estimate of drug-likeness (QED) is 0.417. The van der Waals surface area contributed by atoms with Crippen LogP contribution >= 0.6 is 11.6 Å². The minimum Gasteiger partial charge on any atom is -0.364 e. The number of primary amides is 1. The number of nitrogens with zero attached hydrogens (tertiary/aromatic N) is 8. The van der Waals surface area contributed by atoms with E-state index in [1.54, 1.807) is 45.9 Å². The van der Waals surface area contributed by atoms with Crippen molar-refractivity contribution in [2.75, 3.05) is 0 Å². The predicted molar refractivity (Wildman–Crippen MR) is 140 cm³/mol. The zero-order valence-corrected chi connectivity index (χ0v) is 23.0. The number of alkyl halides is 4. The van der Waals surface area contributed by atoms with Gasteiger partial charge >= 0.3 is 6.18 Å². The topological polar surface area (TPSA) is 170 Å². The van der Waals surface area contributed by atoms with E-state index in [-0.39, 0.29) is 29.1 Å². The zero-order valence-electron chi connectivity index (χ0n) is 22.2. The van der Waals surface area contributed by atoms with Crippen LogP contribution in [-0.4, -0.2) is 53.6 Å². The lowest BCUT2D eigenvalue weighted by molar-refractivity contribution is -0.145. The van der Waals surface area contributed by atoms with E-state index >= 15 is 0 Å². The smallest absolute Gasteiger partial charge is 0.364 e. The van der Waals surface area contributed by atoms with Crippen LogP contribution in [0.4, 0.5) is 13.2 Å². The number of benzene rings is 1. The molecule has 1 aliphatic heterocycles. The first-order valence-corrected chi connectivity index (χ1v) is 12.4. The number of aryl methyl sites for hydroxylation is 1. The second-order valence-corrected chi connectivity index (χ2v) is 10.9. The average molecular weight is 589 g/mol. The Balaban J connectivity index is 1.84. The highest BCUT2D eigenvalue weighted by atomic mass is 35.5. The van der Waals surface area contributed by atoms with E-state index in [0.717, 1.165) is 4.68 Å². The van der Waals surface area contributed by atoms with E-state index in [1.165, 1.54) is 18.3 Å². The molecule has 3 aromatic rings. The average Bonchev–Trinajstić information content (AvgIpc) is 3.50. The number of nitrogens with two attached hydrogens (primary N) is 1. The lowest BCUT2D eigenvalue weighted by Gasteiger charge is -2.36. The highest BCUT2D eigenvalue weighted by Crippen LogP contribution is 2.47. The molecule has 2 amide bonds. The first kappa shape index (κ1) is 29.4. The summed E-state index contributed by atoms with van der Waals surface area (Å²) in [4.78, 5) is 29.4. The Morgan fingerprint density at radius 3 is 2.51 bits per heavy atom. The van der Waals surface area contributed by atoms with Crippen molar-refractivity contribution < 1.29 is 22.8 Å². The molecule has 4 rings (SSSR count). The molecule has 0 saturated heterocycles. The van der Waals surface area contributed by atoms with Gasteiger partial charge in [0.2, 0.25) is 0 Å². The number of nitriles is 1. The lowest BCUT2D eigenvalue weighted by atomic mass is 9.84. The molecule has 1 aromatic carbocycles. The maximum absolute atomic E-state index is 13.4. The summed E-state index contributed by atoms with van der Waals surface area (Å²) in [5.41, 5.74) is 6.03. The Hall–Kier alpha value is -4.58. The van der Waals surface area contributed by atoms with Crippen molar-refractivity contribution in [1.82, 2.24) is 35.3 Å². The van der Waals surface area contributed by atoms with Gasteiger partial charge in [-0.15, -0.1) is 21.8 Å². The predicted octanol–water partition coefficient (Wildman–Crippen LogP) is 3.02. The molecule has 0 fully saturated rings. The zero-order chi connectivity index (χ0) is 30.3. The summed E-state index contributed by atoms with van der Waals surface area (Å²) in [5, 5.41) is 26.5. The largest absolute Gasteiger partial charge is 0.455 e. The van der Waals surface area contributed by atoms with Crippen molar-refractivity contribution in [3.05, 3.63) is 69.8 Å². The summed E-state index contributed by atoms with van der Waals surface area (Å²) in [6.07, 6.45) is -1.45. The molecule has 41 heavy (non-hydrogen) atoms. The third kappa shape index (κ3) is 5.97. The van der Waals surface area contributed by atoms with E-state index in [1.807, 2.05) is 6.07 Å². The first-order chi connectivity index (χ1) is 19.0. The normalized spacial score (nSPS) is 18.8. The fourth-order valence-corrected chi connectivity index (χ4v) is 4.84. The van der Waals surface area contributed by atoms with Crippen LogP contribution in [0.2, 0.25) is 0 Å². The molecule has 0 radical (unpaired) electrons. The summed E-state index contributed by atoms with van der Waals surface area (Å²) >= 11 is 7.28. The number of nitrogens with one attached hydrogen (secondary N) is 1. The number of tetrazole rings is 1. The fourth-order valence-electron chi connectivity index (χ4n) is 4.37. The van der Waals surface area contributed by atoms with Crippen LogP contribution < -0.4 is 11.1 Å². The lowest BCUT2D eigenvalue weighted by Crippen LogP contribution is -2.42. The highest BCUT2D eigenvalue weighted by molar-refractivity contribution is 6.27. The summed E-state index contributed by atoms with van der Waals surface area (Å²) < 4.78 is 39.9. The molecule has 3 heterocycles. The van der Waals surface area contributed by atoms with Gasteiger partial charge in [0, 0.05) is 17.3 Å². The Morgan fingerprint density at radius 2 is 1.93 bits per heavy atom. The maximum atomic E-state index is 13.4. The number of allylic oxidation sites excluding steroid dienone is 1. The molecule has 1 aliphatic rings. The number of carbonyl (C=O) groups is 2. The molecule has 214 valence electrons. The van der Waals surface area contributed by atoms with Crippen molar-refractivity contribution in [3.63, 3.8) is 0 Å². The van der Waals surface area contributed by atoms with Crippen molar-refractivity contribution in [2.24, 2.45) is 10.7 Å². The molecule has 12 nitrogen and oxygen atoms in total. The number of aromatic nitrogens is 6. The van der Waals surface area contributed by atoms with Crippen molar-refractivity contribution in [2.45, 2.75) is 57.0 Å². The number of halogens is 4. The van der Waals surface area contributed by atoms with E-state index in [9.17, 15) is 28.0 Å². The van der Waals surface area contributed by atoms with E-state index in [0.29, 0.717) is 15.9 Å². The molecule has 0 bridgehead atoms. The van der Waals surface area contributed by atoms with Crippen LogP contribution in [0.5, 0.6) is 0 Å². The molecule has 3 N–H and O–H groups in total. The summed E-state index contributed by atoms with van der Waals surface area (Å²) in [5.74, 6) is -2.85. The number of hydrogen-bond donors (Lipinski definition) is 2. The third-order valence-corrected chi connectivity index (χ3v) is 6.40. The number of dihydropyridines is 1. The summed E-state index contributed by atoms with van der Waals surface area (Å²) in [6, 6.07) is 6.26. The molecule has 16 heteroatoms. The number of rotatable bonds is 6. The van der Waals surface area contributed by atoms with E-state index in [4.69, 9.17) is 17.3 Å². The van der Waals surface area contributed by atoms with Gasteiger partial charge in [-0.3, -0.25) is 14.6 Å². The second kappa shape index (κ2) is 10.4.